The quantitative estimate of drug-likeness (QED) is 0.579. The number of nitrogens with two attached hydrogens (primary N) is 1. The van der Waals surface area contributed by atoms with Crippen molar-refractivity contribution in [2.24, 2.45) is 11.7 Å². The Hall–Kier alpha value is -0.570. The summed E-state index contributed by atoms with van der Waals surface area (Å²) in [4.78, 5) is 10.7. The van der Waals surface area contributed by atoms with Gasteiger partial charge in [-0.3, -0.25) is 4.79 Å². The minimum Gasteiger partial charge on any atom is -0.390 e. The van der Waals surface area contributed by atoms with Gasteiger partial charge >= 0.3 is 0 Å². The lowest BCUT2D eigenvalue weighted by Crippen LogP contribution is -2.35. The zero-order valence-electron chi connectivity index (χ0n) is 6.84. The van der Waals surface area contributed by atoms with Crippen molar-refractivity contribution in [2.45, 2.75) is 38.2 Å². The minimum absolute atomic E-state index is 0.00442. The maximum atomic E-state index is 10.7. The number of aliphatic hydroxyl groups is 1. The van der Waals surface area contributed by atoms with Crippen molar-refractivity contribution in [1.29, 1.82) is 0 Å². The second-order valence-electron chi connectivity index (χ2n) is 3.67. The Kier molecular flexibility index (Phi) is 2.18. The normalized spacial score (nSPS) is 38.5. The average molecular weight is 157 g/mol. The summed E-state index contributed by atoms with van der Waals surface area (Å²) < 4.78 is 0. The van der Waals surface area contributed by atoms with Crippen LogP contribution in [0.4, 0.5) is 0 Å². The lowest BCUT2D eigenvalue weighted by Gasteiger charge is -2.31. The highest BCUT2D eigenvalue weighted by molar-refractivity contribution is 5.76. The zero-order valence-corrected chi connectivity index (χ0v) is 6.84. The molecule has 1 aliphatic rings. The summed E-state index contributed by atoms with van der Waals surface area (Å²) >= 11 is 0. The minimum atomic E-state index is -0.564. The standard InChI is InChI=1S/C8H15NO2/c1-8(11)4-2-6(3-5-8)7(9)10/h6,11H,2-5H2,1H3,(H2,9,10)/t6-,8+. The predicted octanol–water partition coefficient (Wildman–Crippen LogP) is 0.413. The third-order valence-corrected chi connectivity index (χ3v) is 2.47. The van der Waals surface area contributed by atoms with E-state index >= 15 is 0 Å². The van der Waals surface area contributed by atoms with Crippen molar-refractivity contribution in [2.75, 3.05) is 0 Å². The van der Waals surface area contributed by atoms with Gasteiger partial charge in [0, 0.05) is 5.92 Å². The largest absolute Gasteiger partial charge is 0.390 e. The fourth-order valence-electron chi connectivity index (χ4n) is 1.52. The Morgan fingerprint density at radius 2 is 2.00 bits per heavy atom. The second-order valence-corrected chi connectivity index (χ2v) is 3.67. The molecule has 0 saturated heterocycles. The summed E-state index contributed by atoms with van der Waals surface area (Å²) in [6, 6.07) is 0. The van der Waals surface area contributed by atoms with E-state index in [4.69, 9.17) is 5.73 Å². The Balaban J connectivity index is 2.42. The molecule has 3 heteroatoms. The van der Waals surface area contributed by atoms with E-state index in [2.05, 4.69) is 0 Å². The highest BCUT2D eigenvalue weighted by atomic mass is 16.3. The van der Waals surface area contributed by atoms with Crippen LogP contribution in [0.15, 0.2) is 0 Å². The molecule has 64 valence electrons. The molecule has 11 heavy (non-hydrogen) atoms. The molecular formula is C8H15NO2. The van der Waals surface area contributed by atoms with E-state index in [-0.39, 0.29) is 11.8 Å². The highest BCUT2D eigenvalue weighted by Crippen LogP contribution is 2.31. The molecule has 3 N–H and O–H groups in total. The average Bonchev–Trinajstić information content (AvgIpc) is 1.86. The number of carbonyl (C=O) groups is 1. The fourth-order valence-corrected chi connectivity index (χ4v) is 1.52. The molecule has 1 fully saturated rings. The molecule has 0 atom stereocenters. The van der Waals surface area contributed by atoms with E-state index in [1.165, 1.54) is 0 Å². The molecule has 0 radical (unpaired) electrons. The fraction of sp³-hybridized carbons (Fsp3) is 0.875. The van der Waals surface area contributed by atoms with Crippen molar-refractivity contribution in [1.82, 2.24) is 0 Å². The molecule has 0 unspecified atom stereocenters. The summed E-state index contributed by atoms with van der Waals surface area (Å²) in [7, 11) is 0. The van der Waals surface area contributed by atoms with Gasteiger partial charge in [0.15, 0.2) is 0 Å². The van der Waals surface area contributed by atoms with Gasteiger partial charge in [0.1, 0.15) is 0 Å². The lowest BCUT2D eigenvalue weighted by molar-refractivity contribution is -0.124. The van der Waals surface area contributed by atoms with Gasteiger partial charge in [0.25, 0.3) is 0 Å². The molecule has 0 aliphatic heterocycles. The highest BCUT2D eigenvalue weighted by Gasteiger charge is 2.30. The molecule has 0 spiro atoms. The van der Waals surface area contributed by atoms with Crippen LogP contribution >= 0.6 is 0 Å². The van der Waals surface area contributed by atoms with Crippen LogP contribution in [0.2, 0.25) is 0 Å². The first kappa shape index (κ1) is 8.53. The predicted molar refractivity (Wildman–Crippen MR) is 41.8 cm³/mol. The molecule has 0 heterocycles. The summed E-state index contributed by atoms with van der Waals surface area (Å²) in [5, 5.41) is 9.52. The van der Waals surface area contributed by atoms with Gasteiger partial charge in [-0.15, -0.1) is 0 Å². The number of rotatable bonds is 1. The lowest BCUT2D eigenvalue weighted by atomic mass is 9.80. The Morgan fingerprint density at radius 1 is 1.55 bits per heavy atom. The Labute approximate surface area is 66.6 Å². The summed E-state index contributed by atoms with van der Waals surface area (Å²) in [6.45, 7) is 1.81. The van der Waals surface area contributed by atoms with Crippen LogP contribution in [0.1, 0.15) is 32.6 Å². The maximum Gasteiger partial charge on any atom is 0.220 e. The third-order valence-electron chi connectivity index (χ3n) is 2.47. The number of hydrogen-bond acceptors (Lipinski definition) is 2. The number of primary amides is 1. The maximum absolute atomic E-state index is 10.7. The summed E-state index contributed by atoms with van der Waals surface area (Å²) in [5.74, 6) is -0.226. The third kappa shape index (κ3) is 2.19. The van der Waals surface area contributed by atoms with Crippen LogP contribution in [0.3, 0.4) is 0 Å². The van der Waals surface area contributed by atoms with E-state index in [0.717, 1.165) is 12.8 Å². The molecule has 0 bridgehead atoms. The first-order valence-corrected chi connectivity index (χ1v) is 4.03. The Bertz CT molecular complexity index is 155. The summed E-state index contributed by atoms with van der Waals surface area (Å²) in [5.41, 5.74) is 4.57. The van der Waals surface area contributed by atoms with Gasteiger partial charge in [0.2, 0.25) is 5.91 Å². The van der Waals surface area contributed by atoms with Crippen LogP contribution in [0.25, 0.3) is 0 Å². The van der Waals surface area contributed by atoms with Gasteiger partial charge in [-0.1, -0.05) is 0 Å². The van der Waals surface area contributed by atoms with Crippen molar-refractivity contribution < 1.29 is 9.90 Å². The molecule has 1 amide bonds. The van der Waals surface area contributed by atoms with E-state index < -0.39 is 5.60 Å². The van der Waals surface area contributed by atoms with Crippen molar-refractivity contribution in [3.63, 3.8) is 0 Å². The smallest absolute Gasteiger partial charge is 0.220 e. The SMILES string of the molecule is C[C@]1(O)CC[C@@H](C(N)=O)CC1. The molecule has 1 aliphatic carbocycles. The van der Waals surface area contributed by atoms with Gasteiger partial charge in [-0.2, -0.15) is 0 Å². The van der Waals surface area contributed by atoms with Crippen LogP contribution in [-0.2, 0) is 4.79 Å². The Morgan fingerprint density at radius 3 is 2.36 bits per heavy atom. The van der Waals surface area contributed by atoms with Crippen molar-refractivity contribution >= 4 is 5.91 Å². The van der Waals surface area contributed by atoms with Crippen LogP contribution in [0.5, 0.6) is 0 Å². The van der Waals surface area contributed by atoms with E-state index in [0.29, 0.717) is 12.8 Å². The molecular weight excluding hydrogens is 142 g/mol. The molecule has 1 rings (SSSR count). The monoisotopic (exact) mass is 157 g/mol. The van der Waals surface area contributed by atoms with E-state index in [1.54, 1.807) is 0 Å². The van der Waals surface area contributed by atoms with Gasteiger partial charge in [-0.25, -0.2) is 0 Å². The molecule has 1 saturated carbocycles. The van der Waals surface area contributed by atoms with E-state index in [1.807, 2.05) is 6.92 Å². The number of amides is 1. The number of hydrogen-bond donors (Lipinski definition) is 2. The molecule has 0 aromatic rings. The van der Waals surface area contributed by atoms with Gasteiger partial charge in [0.05, 0.1) is 5.60 Å². The topological polar surface area (TPSA) is 63.3 Å². The van der Waals surface area contributed by atoms with E-state index in [9.17, 15) is 9.90 Å². The molecule has 3 nitrogen and oxygen atoms in total. The van der Waals surface area contributed by atoms with Crippen LogP contribution < -0.4 is 5.73 Å². The molecule has 0 aromatic carbocycles. The second kappa shape index (κ2) is 2.81. The first-order valence-electron chi connectivity index (χ1n) is 4.03. The molecule has 0 aromatic heterocycles. The number of carbonyl (C=O) groups excluding carboxylic acids is 1. The first-order chi connectivity index (χ1) is 5.01. The van der Waals surface area contributed by atoms with Crippen LogP contribution in [-0.4, -0.2) is 16.6 Å². The van der Waals surface area contributed by atoms with Crippen molar-refractivity contribution in [3.05, 3.63) is 0 Å². The van der Waals surface area contributed by atoms with Crippen LogP contribution in [0, 0.1) is 5.92 Å². The van der Waals surface area contributed by atoms with Crippen molar-refractivity contribution in [3.8, 4) is 0 Å². The van der Waals surface area contributed by atoms with Gasteiger partial charge in [-0.05, 0) is 32.6 Å². The zero-order chi connectivity index (χ0) is 8.48. The summed E-state index contributed by atoms with van der Waals surface area (Å²) in [6.07, 6.45) is 2.87. The van der Waals surface area contributed by atoms with Gasteiger partial charge < -0.3 is 10.8 Å².